The zero-order chi connectivity index (χ0) is 20.8. The quantitative estimate of drug-likeness (QED) is 0.702. The number of methoxy groups -OCH3 is 1. The molecule has 2 aromatic rings. The van der Waals surface area contributed by atoms with Crippen LogP contribution >= 0.6 is 0 Å². The molecular formula is C20H26N2O5S. The molecule has 0 unspecified atom stereocenters. The minimum Gasteiger partial charge on any atom is -0.497 e. The smallest absolute Gasteiger partial charge is 0.258 e. The first-order valence-corrected chi connectivity index (χ1v) is 10.2. The van der Waals surface area contributed by atoms with E-state index < -0.39 is 15.6 Å². The van der Waals surface area contributed by atoms with E-state index in [4.69, 9.17) is 9.47 Å². The largest absolute Gasteiger partial charge is 0.497 e. The number of rotatable bonds is 8. The molecule has 0 aromatic heterocycles. The van der Waals surface area contributed by atoms with Gasteiger partial charge in [0.1, 0.15) is 11.5 Å². The monoisotopic (exact) mass is 406 g/mol. The third-order valence-corrected chi connectivity index (χ3v) is 5.37. The molecule has 0 heterocycles. The summed E-state index contributed by atoms with van der Waals surface area (Å²) in [4.78, 5) is 12.1. The van der Waals surface area contributed by atoms with Crippen LogP contribution < -0.4 is 19.5 Å². The highest BCUT2D eigenvalue weighted by Gasteiger charge is 2.21. The van der Waals surface area contributed by atoms with Crippen molar-refractivity contribution in [2.75, 3.05) is 13.7 Å². The number of sulfonamides is 1. The van der Waals surface area contributed by atoms with Gasteiger partial charge < -0.3 is 14.8 Å². The Hall–Kier alpha value is -2.58. The second-order valence-corrected chi connectivity index (χ2v) is 8.92. The van der Waals surface area contributed by atoms with Crippen molar-refractivity contribution >= 4 is 15.9 Å². The number of benzene rings is 2. The van der Waals surface area contributed by atoms with Crippen LogP contribution in [0.15, 0.2) is 53.4 Å². The maximum atomic E-state index is 12.3. The molecule has 8 heteroatoms. The Bertz CT molecular complexity index is 886. The summed E-state index contributed by atoms with van der Waals surface area (Å²) in [6.07, 6.45) is 0. The van der Waals surface area contributed by atoms with Gasteiger partial charge in [-0.3, -0.25) is 4.79 Å². The molecule has 0 atom stereocenters. The molecule has 0 saturated carbocycles. The van der Waals surface area contributed by atoms with E-state index in [-0.39, 0.29) is 17.4 Å². The molecule has 2 rings (SSSR count). The van der Waals surface area contributed by atoms with E-state index in [1.165, 1.54) is 24.3 Å². The number of amides is 1. The molecule has 0 radical (unpaired) electrons. The van der Waals surface area contributed by atoms with Gasteiger partial charge >= 0.3 is 0 Å². The second kappa shape index (κ2) is 9.07. The minimum atomic E-state index is -3.60. The molecule has 0 aliphatic carbocycles. The van der Waals surface area contributed by atoms with Gasteiger partial charge in [0.25, 0.3) is 5.91 Å². The standard InChI is InChI=1S/C20H26N2O5S/c1-20(2,3)22-28(24,25)18-11-9-17(10-12-18)27-14-19(23)21-13-15-5-7-16(26-4)8-6-15/h5-12,22H,13-14H2,1-4H3,(H,21,23). The van der Waals surface area contributed by atoms with Crippen molar-refractivity contribution in [3.8, 4) is 11.5 Å². The Balaban J connectivity index is 1.84. The molecule has 1 amide bonds. The van der Waals surface area contributed by atoms with Crippen LogP contribution in [0, 0.1) is 0 Å². The fourth-order valence-corrected chi connectivity index (χ4v) is 3.74. The molecule has 28 heavy (non-hydrogen) atoms. The van der Waals surface area contributed by atoms with Gasteiger partial charge in [0.15, 0.2) is 6.61 Å². The van der Waals surface area contributed by atoms with E-state index >= 15 is 0 Å². The molecule has 0 aliphatic rings. The number of ether oxygens (including phenoxy) is 2. The Morgan fingerprint density at radius 3 is 2.07 bits per heavy atom. The fraction of sp³-hybridized carbons (Fsp3) is 0.350. The van der Waals surface area contributed by atoms with Gasteiger partial charge in [0.2, 0.25) is 10.0 Å². The van der Waals surface area contributed by atoms with Crippen LogP contribution in [0.4, 0.5) is 0 Å². The van der Waals surface area contributed by atoms with E-state index in [0.717, 1.165) is 11.3 Å². The maximum Gasteiger partial charge on any atom is 0.258 e. The lowest BCUT2D eigenvalue weighted by Crippen LogP contribution is -2.40. The zero-order valence-electron chi connectivity index (χ0n) is 16.5. The van der Waals surface area contributed by atoms with E-state index in [1.807, 2.05) is 24.3 Å². The van der Waals surface area contributed by atoms with Gasteiger partial charge in [-0.25, -0.2) is 13.1 Å². The lowest BCUT2D eigenvalue weighted by atomic mass is 10.1. The zero-order valence-corrected chi connectivity index (χ0v) is 17.3. The van der Waals surface area contributed by atoms with Gasteiger partial charge in [0, 0.05) is 12.1 Å². The topological polar surface area (TPSA) is 93.7 Å². The first-order valence-electron chi connectivity index (χ1n) is 8.75. The van der Waals surface area contributed by atoms with Crippen molar-refractivity contribution in [1.29, 1.82) is 0 Å². The molecule has 0 fully saturated rings. The van der Waals surface area contributed by atoms with Crippen molar-refractivity contribution < 1.29 is 22.7 Å². The van der Waals surface area contributed by atoms with E-state index in [9.17, 15) is 13.2 Å². The van der Waals surface area contributed by atoms with Crippen molar-refractivity contribution in [1.82, 2.24) is 10.0 Å². The summed E-state index contributed by atoms with van der Waals surface area (Å²) in [6, 6.07) is 13.3. The molecule has 7 nitrogen and oxygen atoms in total. The summed E-state index contributed by atoms with van der Waals surface area (Å²) in [6.45, 7) is 5.52. The molecule has 2 aromatic carbocycles. The van der Waals surface area contributed by atoms with Crippen molar-refractivity contribution in [2.45, 2.75) is 37.8 Å². The molecule has 0 saturated heterocycles. The maximum absolute atomic E-state index is 12.3. The van der Waals surface area contributed by atoms with Crippen molar-refractivity contribution in [3.63, 3.8) is 0 Å². The van der Waals surface area contributed by atoms with Crippen LogP contribution in [-0.4, -0.2) is 33.6 Å². The highest BCUT2D eigenvalue weighted by molar-refractivity contribution is 7.89. The number of nitrogens with one attached hydrogen (secondary N) is 2. The summed E-state index contributed by atoms with van der Waals surface area (Å²) in [5.41, 5.74) is 0.366. The van der Waals surface area contributed by atoms with Gasteiger partial charge in [-0.1, -0.05) is 12.1 Å². The number of hydrogen-bond donors (Lipinski definition) is 2. The van der Waals surface area contributed by atoms with Crippen LogP contribution in [-0.2, 0) is 21.4 Å². The van der Waals surface area contributed by atoms with Gasteiger partial charge in [-0.15, -0.1) is 0 Å². The normalized spacial score (nSPS) is 11.7. The van der Waals surface area contributed by atoms with E-state index in [0.29, 0.717) is 12.3 Å². The number of carbonyl (C=O) groups is 1. The van der Waals surface area contributed by atoms with Gasteiger partial charge in [-0.2, -0.15) is 0 Å². The predicted octanol–water partition coefficient (Wildman–Crippen LogP) is 2.47. The molecule has 152 valence electrons. The van der Waals surface area contributed by atoms with Gasteiger partial charge in [0.05, 0.1) is 12.0 Å². The highest BCUT2D eigenvalue weighted by atomic mass is 32.2. The number of carbonyl (C=O) groups excluding carboxylic acids is 1. The third kappa shape index (κ3) is 6.86. The van der Waals surface area contributed by atoms with E-state index in [1.54, 1.807) is 27.9 Å². The SMILES string of the molecule is COc1ccc(CNC(=O)COc2ccc(S(=O)(=O)NC(C)(C)C)cc2)cc1. The molecule has 0 bridgehead atoms. The molecule has 0 spiro atoms. The van der Waals surface area contributed by atoms with Crippen LogP contribution in [0.25, 0.3) is 0 Å². The second-order valence-electron chi connectivity index (χ2n) is 7.24. The summed E-state index contributed by atoms with van der Waals surface area (Å²) in [7, 11) is -2.01. The van der Waals surface area contributed by atoms with Crippen LogP contribution in [0.5, 0.6) is 11.5 Å². The lowest BCUT2D eigenvalue weighted by Gasteiger charge is -2.20. The average Bonchev–Trinajstić information content (AvgIpc) is 2.63. The Morgan fingerprint density at radius 1 is 0.964 bits per heavy atom. The Morgan fingerprint density at radius 2 is 1.54 bits per heavy atom. The summed E-state index contributed by atoms with van der Waals surface area (Å²) < 4.78 is 37.6. The van der Waals surface area contributed by atoms with Crippen molar-refractivity contribution in [2.24, 2.45) is 0 Å². The van der Waals surface area contributed by atoms with Crippen LogP contribution in [0.1, 0.15) is 26.3 Å². The first kappa shape index (κ1) is 21.7. The Kier molecular flexibility index (Phi) is 7.04. The first-order chi connectivity index (χ1) is 13.1. The Labute approximate surface area is 166 Å². The summed E-state index contributed by atoms with van der Waals surface area (Å²) >= 11 is 0. The summed E-state index contributed by atoms with van der Waals surface area (Å²) in [5.74, 6) is 0.887. The third-order valence-electron chi connectivity index (χ3n) is 3.59. The predicted molar refractivity (Wildman–Crippen MR) is 107 cm³/mol. The number of hydrogen-bond acceptors (Lipinski definition) is 5. The highest BCUT2D eigenvalue weighted by Crippen LogP contribution is 2.17. The minimum absolute atomic E-state index is 0.138. The average molecular weight is 407 g/mol. The molecular weight excluding hydrogens is 380 g/mol. The van der Waals surface area contributed by atoms with Gasteiger partial charge in [-0.05, 0) is 62.7 Å². The lowest BCUT2D eigenvalue weighted by molar-refractivity contribution is -0.123. The molecule has 2 N–H and O–H groups in total. The van der Waals surface area contributed by atoms with Crippen LogP contribution in [0.2, 0.25) is 0 Å². The molecule has 0 aliphatic heterocycles. The van der Waals surface area contributed by atoms with Crippen LogP contribution in [0.3, 0.4) is 0 Å². The summed E-state index contributed by atoms with van der Waals surface area (Å²) in [5, 5.41) is 2.76. The van der Waals surface area contributed by atoms with Crippen molar-refractivity contribution in [3.05, 3.63) is 54.1 Å². The van der Waals surface area contributed by atoms with E-state index in [2.05, 4.69) is 10.0 Å². The fourth-order valence-electron chi connectivity index (χ4n) is 2.32.